The van der Waals surface area contributed by atoms with Crippen LogP contribution in [0.2, 0.25) is 0 Å². The number of nitrogens with one attached hydrogen (secondary N) is 1. The highest BCUT2D eigenvalue weighted by molar-refractivity contribution is 7.92. The minimum absolute atomic E-state index is 0.137. The van der Waals surface area contributed by atoms with Gasteiger partial charge in [0.2, 0.25) is 15.9 Å². The van der Waals surface area contributed by atoms with Gasteiger partial charge in [-0.25, -0.2) is 12.8 Å². The lowest BCUT2D eigenvalue weighted by molar-refractivity contribution is -0.121. The zero-order valence-electron chi connectivity index (χ0n) is 16.7. The lowest BCUT2D eigenvalue weighted by atomic mass is 10.2. The summed E-state index contributed by atoms with van der Waals surface area (Å²) in [5.74, 6) is 0.132. The van der Waals surface area contributed by atoms with Crippen molar-refractivity contribution >= 4 is 21.6 Å². The summed E-state index contributed by atoms with van der Waals surface area (Å²) in [7, 11) is -3.53. The number of anilines is 1. The number of aryl methyl sites for hydroxylation is 1. The Hall–Kier alpha value is -2.61. The third-order valence-electron chi connectivity index (χ3n) is 4.30. The third kappa shape index (κ3) is 7.73. The number of nitrogens with zero attached hydrogens (tertiary/aromatic N) is 1. The standard InChI is InChI=1S/C21H27FN2O4S/c1-3-17-6-12-20(13-7-17)28-16-14-23-21(25)5-4-15-24(29(2,26)27)19-10-8-18(22)9-11-19/h6-13H,3-5,14-16H2,1-2H3,(H,23,25). The van der Waals surface area contributed by atoms with Gasteiger partial charge in [-0.1, -0.05) is 19.1 Å². The van der Waals surface area contributed by atoms with Gasteiger partial charge in [0.15, 0.2) is 0 Å². The van der Waals surface area contributed by atoms with Crippen LogP contribution in [-0.2, 0) is 21.2 Å². The number of ether oxygens (including phenoxy) is 1. The summed E-state index contributed by atoms with van der Waals surface area (Å²) in [4.78, 5) is 12.0. The van der Waals surface area contributed by atoms with E-state index in [1.165, 1.54) is 34.1 Å². The fraction of sp³-hybridized carbons (Fsp3) is 0.381. The monoisotopic (exact) mass is 422 g/mol. The van der Waals surface area contributed by atoms with E-state index < -0.39 is 15.8 Å². The molecule has 0 saturated carbocycles. The molecule has 0 spiro atoms. The van der Waals surface area contributed by atoms with E-state index >= 15 is 0 Å². The van der Waals surface area contributed by atoms with Crippen molar-refractivity contribution in [3.05, 3.63) is 59.9 Å². The summed E-state index contributed by atoms with van der Waals surface area (Å²) in [5, 5.41) is 2.75. The fourth-order valence-corrected chi connectivity index (χ4v) is 3.71. The molecule has 0 aromatic heterocycles. The summed E-state index contributed by atoms with van der Waals surface area (Å²) in [6.07, 6.45) is 2.57. The fourth-order valence-electron chi connectivity index (χ4n) is 2.75. The Bertz CT molecular complexity index is 884. The summed E-state index contributed by atoms with van der Waals surface area (Å²) in [6, 6.07) is 13.0. The van der Waals surface area contributed by atoms with Crippen molar-refractivity contribution in [2.24, 2.45) is 0 Å². The first-order chi connectivity index (χ1) is 13.8. The van der Waals surface area contributed by atoms with Crippen LogP contribution in [0.25, 0.3) is 0 Å². The van der Waals surface area contributed by atoms with Gasteiger partial charge in [-0.05, 0) is 54.8 Å². The van der Waals surface area contributed by atoms with Gasteiger partial charge in [-0.2, -0.15) is 0 Å². The molecule has 2 rings (SSSR count). The van der Waals surface area contributed by atoms with Crippen LogP contribution < -0.4 is 14.4 Å². The number of sulfonamides is 1. The smallest absolute Gasteiger partial charge is 0.232 e. The summed E-state index contributed by atoms with van der Waals surface area (Å²) in [5.41, 5.74) is 1.60. The molecule has 1 N–H and O–H groups in total. The van der Waals surface area contributed by atoms with Gasteiger partial charge >= 0.3 is 0 Å². The van der Waals surface area contributed by atoms with E-state index in [-0.39, 0.29) is 18.9 Å². The largest absolute Gasteiger partial charge is 0.492 e. The first-order valence-electron chi connectivity index (χ1n) is 9.51. The van der Waals surface area contributed by atoms with Crippen LogP contribution in [0.15, 0.2) is 48.5 Å². The molecule has 0 aliphatic heterocycles. The Morgan fingerprint density at radius 3 is 2.34 bits per heavy atom. The predicted octanol–water partition coefficient (Wildman–Crippen LogP) is 3.13. The Morgan fingerprint density at radius 1 is 1.10 bits per heavy atom. The second-order valence-corrected chi connectivity index (χ2v) is 8.52. The summed E-state index contributed by atoms with van der Waals surface area (Å²) < 4.78 is 43.8. The molecule has 6 nitrogen and oxygen atoms in total. The third-order valence-corrected chi connectivity index (χ3v) is 5.50. The van der Waals surface area contributed by atoms with Crippen molar-refractivity contribution < 1.29 is 22.3 Å². The molecule has 0 unspecified atom stereocenters. The van der Waals surface area contributed by atoms with Crippen LogP contribution in [0.5, 0.6) is 5.75 Å². The maximum Gasteiger partial charge on any atom is 0.232 e. The normalized spacial score (nSPS) is 11.1. The van der Waals surface area contributed by atoms with Crippen LogP contribution in [0.3, 0.4) is 0 Å². The number of rotatable bonds is 11. The van der Waals surface area contributed by atoms with Crippen LogP contribution in [-0.4, -0.2) is 40.3 Å². The van der Waals surface area contributed by atoms with Crippen LogP contribution in [0.4, 0.5) is 10.1 Å². The van der Waals surface area contributed by atoms with Crippen LogP contribution >= 0.6 is 0 Å². The van der Waals surface area contributed by atoms with Crippen molar-refractivity contribution in [1.29, 1.82) is 0 Å². The molecule has 0 saturated heterocycles. The molecule has 2 aromatic carbocycles. The van der Waals surface area contributed by atoms with Gasteiger partial charge in [-0.3, -0.25) is 9.10 Å². The first kappa shape index (κ1) is 22.7. The molecule has 0 aliphatic carbocycles. The molecule has 0 aliphatic rings. The number of hydrogen-bond donors (Lipinski definition) is 1. The van der Waals surface area contributed by atoms with Crippen molar-refractivity contribution in [2.45, 2.75) is 26.2 Å². The number of benzene rings is 2. The van der Waals surface area contributed by atoms with Crippen molar-refractivity contribution in [3.63, 3.8) is 0 Å². The highest BCUT2D eigenvalue weighted by Crippen LogP contribution is 2.18. The molecular formula is C21H27FN2O4S. The van der Waals surface area contributed by atoms with E-state index in [1.54, 1.807) is 0 Å². The van der Waals surface area contributed by atoms with Gasteiger partial charge in [0.1, 0.15) is 18.2 Å². The maximum atomic E-state index is 13.1. The molecule has 158 valence electrons. The average Bonchev–Trinajstić information content (AvgIpc) is 2.69. The second-order valence-electron chi connectivity index (χ2n) is 6.61. The highest BCUT2D eigenvalue weighted by atomic mass is 32.2. The highest BCUT2D eigenvalue weighted by Gasteiger charge is 2.17. The number of halogens is 1. The number of amides is 1. The topological polar surface area (TPSA) is 75.7 Å². The first-order valence-corrected chi connectivity index (χ1v) is 11.4. The molecule has 0 bridgehead atoms. The van der Waals surface area contributed by atoms with E-state index in [0.717, 1.165) is 18.4 Å². The lowest BCUT2D eigenvalue weighted by Gasteiger charge is -2.22. The molecule has 8 heteroatoms. The minimum Gasteiger partial charge on any atom is -0.492 e. The van der Waals surface area contributed by atoms with Crippen LogP contribution in [0.1, 0.15) is 25.3 Å². The molecule has 1 amide bonds. The van der Waals surface area contributed by atoms with Gasteiger partial charge in [0.05, 0.1) is 18.5 Å². The van der Waals surface area contributed by atoms with Gasteiger partial charge in [0, 0.05) is 13.0 Å². The van der Waals surface area contributed by atoms with Gasteiger partial charge < -0.3 is 10.1 Å². The van der Waals surface area contributed by atoms with E-state index in [1.807, 2.05) is 24.3 Å². The van der Waals surface area contributed by atoms with Crippen molar-refractivity contribution in [1.82, 2.24) is 5.32 Å². The molecular weight excluding hydrogens is 395 g/mol. The van der Waals surface area contributed by atoms with E-state index in [2.05, 4.69) is 12.2 Å². The second kappa shape index (κ2) is 10.8. The average molecular weight is 423 g/mol. The number of hydrogen-bond acceptors (Lipinski definition) is 4. The predicted molar refractivity (Wildman–Crippen MR) is 112 cm³/mol. The van der Waals surface area contributed by atoms with E-state index in [0.29, 0.717) is 25.3 Å². The number of carbonyl (C=O) groups is 1. The molecule has 29 heavy (non-hydrogen) atoms. The number of carbonyl (C=O) groups excluding carboxylic acids is 1. The van der Waals surface area contributed by atoms with Crippen molar-refractivity contribution in [2.75, 3.05) is 30.3 Å². The van der Waals surface area contributed by atoms with Gasteiger partial charge in [0.25, 0.3) is 0 Å². The van der Waals surface area contributed by atoms with E-state index in [9.17, 15) is 17.6 Å². The summed E-state index contributed by atoms with van der Waals surface area (Å²) in [6.45, 7) is 2.93. The Labute approximate surface area is 171 Å². The van der Waals surface area contributed by atoms with Crippen LogP contribution in [0, 0.1) is 5.82 Å². The molecule has 0 heterocycles. The summed E-state index contributed by atoms with van der Waals surface area (Å²) >= 11 is 0. The zero-order valence-corrected chi connectivity index (χ0v) is 17.5. The van der Waals surface area contributed by atoms with Crippen molar-refractivity contribution in [3.8, 4) is 5.75 Å². The quantitative estimate of drug-likeness (QED) is 0.565. The molecule has 0 radical (unpaired) electrons. The maximum absolute atomic E-state index is 13.1. The minimum atomic E-state index is -3.53. The zero-order chi connectivity index (χ0) is 21.3. The SMILES string of the molecule is CCc1ccc(OCCNC(=O)CCCN(c2ccc(F)cc2)S(C)(=O)=O)cc1. The Kier molecular flexibility index (Phi) is 8.45. The Morgan fingerprint density at radius 2 is 1.76 bits per heavy atom. The Balaban J connectivity index is 1.72. The van der Waals surface area contributed by atoms with E-state index in [4.69, 9.17) is 4.74 Å². The van der Waals surface area contributed by atoms with Gasteiger partial charge in [-0.15, -0.1) is 0 Å². The molecule has 0 atom stereocenters. The molecule has 2 aromatic rings. The molecule has 0 fully saturated rings. The lowest BCUT2D eigenvalue weighted by Crippen LogP contribution is -2.32.